The van der Waals surface area contributed by atoms with E-state index >= 15 is 0 Å². The second-order valence-electron chi connectivity index (χ2n) is 11.1. The number of nitrogens with zero attached hydrogens (tertiary/aromatic N) is 3. The van der Waals surface area contributed by atoms with E-state index in [1.54, 1.807) is 6.07 Å². The Hall–Kier alpha value is -3.64. The van der Waals surface area contributed by atoms with Crippen LogP contribution in [0.15, 0.2) is 66.7 Å². The Kier molecular flexibility index (Phi) is 5.32. The van der Waals surface area contributed by atoms with Crippen LogP contribution in [0, 0.1) is 0 Å². The van der Waals surface area contributed by atoms with Crippen LogP contribution < -0.4 is 10.6 Å². The van der Waals surface area contributed by atoms with Crippen molar-refractivity contribution in [2.75, 3.05) is 4.90 Å². The molecule has 4 aromatic rings. The summed E-state index contributed by atoms with van der Waals surface area (Å²) in [5.41, 5.74) is 12.8. The fourth-order valence-corrected chi connectivity index (χ4v) is 6.51. The Balaban J connectivity index is 1.23. The average molecular weight is 493 g/mol. The molecule has 6 nitrogen and oxygen atoms in total. The Morgan fingerprint density at radius 1 is 0.919 bits per heavy atom. The number of rotatable bonds is 6. The lowest BCUT2D eigenvalue weighted by molar-refractivity contribution is 0.100. The second kappa shape index (κ2) is 8.73. The van der Waals surface area contributed by atoms with E-state index < -0.39 is 5.91 Å². The molecule has 2 bridgehead atoms. The van der Waals surface area contributed by atoms with Crippen molar-refractivity contribution in [3.05, 3.63) is 83.4 Å². The van der Waals surface area contributed by atoms with Crippen molar-refractivity contribution >= 4 is 22.5 Å². The van der Waals surface area contributed by atoms with Gasteiger partial charge in [-0.15, -0.1) is 0 Å². The summed E-state index contributed by atoms with van der Waals surface area (Å²) in [7, 11) is 0. The third kappa shape index (κ3) is 4.09. The van der Waals surface area contributed by atoms with E-state index in [1.165, 1.54) is 29.7 Å². The van der Waals surface area contributed by atoms with Gasteiger partial charge in [-0.1, -0.05) is 36.4 Å². The molecule has 3 aromatic carbocycles. The molecule has 2 unspecified atom stereocenters. The number of nitrogens with two attached hydrogens (primary N) is 1. The molecule has 2 atom stereocenters. The highest BCUT2D eigenvalue weighted by Crippen LogP contribution is 2.41. The number of aliphatic hydroxyl groups is 1. The van der Waals surface area contributed by atoms with E-state index in [2.05, 4.69) is 53.4 Å². The number of amides is 1. The van der Waals surface area contributed by atoms with Crippen LogP contribution in [0.2, 0.25) is 0 Å². The summed E-state index contributed by atoms with van der Waals surface area (Å²) < 4.78 is 2.03. The molecule has 0 spiro atoms. The largest absolute Gasteiger partial charge is 0.393 e. The van der Waals surface area contributed by atoms with Gasteiger partial charge in [-0.25, -0.2) is 0 Å². The maximum absolute atomic E-state index is 12.0. The van der Waals surface area contributed by atoms with Gasteiger partial charge in [-0.05, 0) is 85.9 Å². The monoisotopic (exact) mass is 492 g/mol. The van der Waals surface area contributed by atoms with Gasteiger partial charge in [-0.3, -0.25) is 9.48 Å². The zero-order valence-corrected chi connectivity index (χ0v) is 20.9. The molecule has 6 heteroatoms. The smallest absolute Gasteiger partial charge is 0.248 e. The molecule has 37 heavy (non-hydrogen) atoms. The molecule has 7 rings (SSSR count). The van der Waals surface area contributed by atoms with E-state index in [0.717, 1.165) is 53.8 Å². The van der Waals surface area contributed by atoms with Crippen molar-refractivity contribution in [1.82, 2.24) is 9.78 Å². The maximum atomic E-state index is 12.0. The summed E-state index contributed by atoms with van der Waals surface area (Å²) >= 11 is 0. The number of anilines is 1. The molecule has 3 N–H and O–H groups in total. The number of hydrogen-bond donors (Lipinski definition) is 2. The van der Waals surface area contributed by atoms with Gasteiger partial charge in [0.2, 0.25) is 5.91 Å². The zero-order chi connectivity index (χ0) is 25.1. The molecular formula is C31H32N4O2. The first kappa shape index (κ1) is 22.5. The normalized spacial score (nSPS) is 23.1. The lowest BCUT2D eigenvalue weighted by Gasteiger charge is -2.39. The molecule has 1 aliphatic carbocycles. The summed E-state index contributed by atoms with van der Waals surface area (Å²) in [6, 6.07) is 24.0. The quantitative estimate of drug-likeness (QED) is 0.387. The molecule has 3 fully saturated rings. The first-order valence-corrected chi connectivity index (χ1v) is 13.5. The molecular weight excluding hydrogens is 460 g/mol. The molecule has 2 saturated heterocycles. The second-order valence-corrected chi connectivity index (χ2v) is 11.1. The molecule has 1 amide bonds. The maximum Gasteiger partial charge on any atom is 0.248 e. The highest BCUT2D eigenvalue weighted by atomic mass is 16.3. The third-order valence-corrected chi connectivity index (χ3v) is 8.54. The molecule has 1 saturated carbocycles. The van der Waals surface area contributed by atoms with Crippen LogP contribution in [0.25, 0.3) is 22.2 Å². The number of aromatic nitrogens is 2. The summed E-state index contributed by atoms with van der Waals surface area (Å²) in [5, 5.41) is 16.2. The van der Waals surface area contributed by atoms with Crippen molar-refractivity contribution in [2.45, 2.75) is 69.2 Å². The van der Waals surface area contributed by atoms with E-state index in [4.69, 9.17) is 10.8 Å². The molecule has 3 heterocycles. The van der Waals surface area contributed by atoms with Gasteiger partial charge in [0.15, 0.2) is 0 Å². The van der Waals surface area contributed by atoms with Crippen molar-refractivity contribution in [1.29, 1.82) is 0 Å². The topological polar surface area (TPSA) is 84.4 Å². The van der Waals surface area contributed by atoms with Crippen LogP contribution in [0.1, 0.15) is 65.9 Å². The van der Waals surface area contributed by atoms with Crippen LogP contribution in [-0.4, -0.2) is 39.0 Å². The van der Waals surface area contributed by atoms with E-state index in [1.807, 2.05) is 16.8 Å². The highest BCUT2D eigenvalue weighted by Gasteiger charge is 2.40. The number of primary amides is 1. The van der Waals surface area contributed by atoms with Gasteiger partial charge in [0.1, 0.15) is 5.69 Å². The van der Waals surface area contributed by atoms with Crippen LogP contribution in [0.3, 0.4) is 0 Å². The Labute approximate surface area is 216 Å². The molecule has 188 valence electrons. The average Bonchev–Trinajstić information content (AvgIpc) is 3.64. The number of carbonyl (C=O) groups excluding carboxylic acids is 1. The van der Waals surface area contributed by atoms with Gasteiger partial charge in [0.05, 0.1) is 18.2 Å². The van der Waals surface area contributed by atoms with Crippen molar-refractivity contribution < 1.29 is 9.90 Å². The fourth-order valence-electron chi connectivity index (χ4n) is 6.51. The number of piperidine rings is 1. The predicted octanol–water partition coefficient (Wildman–Crippen LogP) is 5.22. The number of carbonyl (C=O) groups is 1. The number of benzene rings is 3. The van der Waals surface area contributed by atoms with Crippen LogP contribution in [0.5, 0.6) is 0 Å². The van der Waals surface area contributed by atoms with Gasteiger partial charge in [0, 0.05) is 34.3 Å². The summed E-state index contributed by atoms with van der Waals surface area (Å²) in [6.07, 6.45) is 6.43. The van der Waals surface area contributed by atoms with Gasteiger partial charge in [-0.2, -0.15) is 5.10 Å². The summed E-state index contributed by atoms with van der Waals surface area (Å²) in [4.78, 5) is 14.5. The van der Waals surface area contributed by atoms with Crippen LogP contribution in [0.4, 0.5) is 5.69 Å². The van der Waals surface area contributed by atoms with E-state index in [9.17, 15) is 9.90 Å². The van der Waals surface area contributed by atoms with Crippen LogP contribution >= 0.6 is 0 Å². The molecule has 3 aliphatic rings. The minimum absolute atomic E-state index is 0.173. The SMILES string of the molecule is NC(=O)c1ccc2c(c1)c(-c1ccc(N3C4CCC3CC(O)C4)cc1)nn2Cc1ccc(C2CC2)cc1. The number of aliphatic hydroxyl groups excluding tert-OH is 1. The van der Waals surface area contributed by atoms with Gasteiger partial charge in [0.25, 0.3) is 0 Å². The third-order valence-electron chi connectivity index (χ3n) is 8.54. The fraction of sp³-hybridized carbons (Fsp3) is 0.355. The lowest BCUT2D eigenvalue weighted by atomic mass is 9.98. The predicted molar refractivity (Wildman–Crippen MR) is 146 cm³/mol. The zero-order valence-electron chi connectivity index (χ0n) is 20.9. The highest BCUT2D eigenvalue weighted by molar-refractivity contribution is 6.01. The summed E-state index contributed by atoms with van der Waals surface area (Å²) in [6.45, 7) is 0.662. The van der Waals surface area contributed by atoms with Gasteiger partial charge >= 0.3 is 0 Å². The Bertz CT molecular complexity index is 1460. The number of hydrogen-bond acceptors (Lipinski definition) is 4. The molecule has 2 aliphatic heterocycles. The lowest BCUT2D eigenvalue weighted by Crippen LogP contribution is -2.44. The number of fused-ring (bicyclic) bond motifs is 3. The minimum atomic E-state index is -0.436. The van der Waals surface area contributed by atoms with Crippen LogP contribution in [-0.2, 0) is 6.54 Å². The minimum Gasteiger partial charge on any atom is -0.393 e. The van der Waals surface area contributed by atoms with E-state index in [0.29, 0.717) is 24.2 Å². The first-order chi connectivity index (χ1) is 18.0. The first-order valence-electron chi connectivity index (χ1n) is 13.5. The van der Waals surface area contributed by atoms with Crippen molar-refractivity contribution in [3.63, 3.8) is 0 Å². The van der Waals surface area contributed by atoms with Gasteiger partial charge < -0.3 is 15.7 Å². The van der Waals surface area contributed by atoms with Crippen molar-refractivity contribution in [3.8, 4) is 11.3 Å². The standard InChI is InChI=1S/C31H32N4O2/c32-31(37)23-9-14-29-28(15-23)30(33-34(29)18-19-1-3-20(4-2-19)21-5-6-21)22-7-10-24(11-8-22)35-25-12-13-26(35)17-27(36)16-25/h1-4,7-11,14-15,21,25-27,36H,5-6,12-13,16-18H2,(H2,32,37). The Morgan fingerprint density at radius 2 is 1.62 bits per heavy atom. The van der Waals surface area contributed by atoms with E-state index in [-0.39, 0.29) is 6.10 Å². The Morgan fingerprint density at radius 3 is 2.27 bits per heavy atom. The molecule has 0 radical (unpaired) electrons. The summed E-state index contributed by atoms with van der Waals surface area (Å²) in [5.74, 6) is 0.306. The molecule has 1 aromatic heterocycles. The van der Waals surface area contributed by atoms with Crippen molar-refractivity contribution in [2.24, 2.45) is 5.73 Å².